The molecule has 1 fully saturated rings. The van der Waals surface area contributed by atoms with Crippen molar-refractivity contribution in [2.45, 2.75) is 52.1 Å². The van der Waals surface area contributed by atoms with Crippen LogP contribution in [0.2, 0.25) is 0 Å². The van der Waals surface area contributed by atoms with E-state index >= 15 is 0 Å². The van der Waals surface area contributed by atoms with Crippen molar-refractivity contribution in [1.82, 2.24) is 20.2 Å². The summed E-state index contributed by atoms with van der Waals surface area (Å²) in [6.45, 7) is 6.44. The molecule has 0 aliphatic carbocycles. The lowest BCUT2D eigenvalue weighted by Gasteiger charge is -2.31. The molecule has 0 radical (unpaired) electrons. The summed E-state index contributed by atoms with van der Waals surface area (Å²) in [5, 5.41) is 8.06. The second-order valence-electron chi connectivity index (χ2n) is 10.6. The number of fused-ring (bicyclic) bond motifs is 1. The maximum atomic E-state index is 12.8. The lowest BCUT2D eigenvalue weighted by molar-refractivity contribution is -0.118. The quantitative estimate of drug-likeness (QED) is 0.175. The average molecular weight is 628 g/mol. The number of carbonyl (C=O) groups excluding carboxylic acids is 4. The summed E-state index contributed by atoms with van der Waals surface area (Å²) in [4.78, 5) is 60.9. The Balaban J connectivity index is 1.42. The number of nitrogens with zero attached hydrogens (tertiary/aromatic N) is 4. The Hall–Kier alpha value is -3.91. The van der Waals surface area contributed by atoms with Crippen LogP contribution in [0, 0.1) is 0 Å². The molecule has 2 aromatic rings. The molecular weight excluding hydrogens is 586 g/mol. The molecule has 2 aliphatic rings. The molecule has 3 amide bonds. The van der Waals surface area contributed by atoms with Crippen molar-refractivity contribution in [2.24, 2.45) is 0 Å². The van der Waals surface area contributed by atoms with Crippen molar-refractivity contribution >= 4 is 53.3 Å². The van der Waals surface area contributed by atoms with Gasteiger partial charge in [-0.15, -0.1) is 11.8 Å². The fourth-order valence-corrected chi connectivity index (χ4v) is 5.48. The first kappa shape index (κ1) is 33.0. The zero-order valence-corrected chi connectivity index (χ0v) is 26.0. The van der Waals surface area contributed by atoms with E-state index in [4.69, 9.17) is 9.47 Å². The van der Waals surface area contributed by atoms with Crippen LogP contribution in [0.3, 0.4) is 0 Å². The minimum atomic E-state index is -0.762. The van der Waals surface area contributed by atoms with Gasteiger partial charge in [-0.3, -0.25) is 19.8 Å². The number of thioether (sulfide) groups is 1. The van der Waals surface area contributed by atoms with E-state index in [2.05, 4.69) is 43.0 Å². The molecule has 1 aromatic heterocycles. The van der Waals surface area contributed by atoms with Crippen molar-refractivity contribution in [2.75, 3.05) is 66.4 Å². The number of rotatable bonds is 17. The molecule has 0 bridgehead atoms. The third-order valence-electron chi connectivity index (χ3n) is 6.97. The molecule has 3 heterocycles. The lowest BCUT2D eigenvalue weighted by Crippen LogP contribution is -2.39. The molecule has 238 valence electrons. The van der Waals surface area contributed by atoms with Gasteiger partial charge >= 0.3 is 12.1 Å². The number of carbonyl (C=O) groups is 4. The number of aldehydes is 1. The van der Waals surface area contributed by atoms with Crippen LogP contribution in [0.15, 0.2) is 24.3 Å². The van der Waals surface area contributed by atoms with Crippen LogP contribution in [0.25, 0.3) is 0 Å². The molecule has 1 aromatic carbocycles. The SMILES string of the molecule is CCCCOc1nc(NC(=O)OCCSCC(=O)NCCC=O)c2c(n1)N(Cc1cccc(CN3CCCC3)c1)CC(=O)N2. The number of unbranched alkanes of at least 4 members (excludes halogenated alkanes) is 1. The molecule has 0 unspecified atom stereocenters. The number of hydrogen-bond acceptors (Lipinski definition) is 11. The highest BCUT2D eigenvalue weighted by Crippen LogP contribution is 2.36. The molecule has 0 spiro atoms. The summed E-state index contributed by atoms with van der Waals surface area (Å²) in [6, 6.07) is 8.44. The van der Waals surface area contributed by atoms with Crippen molar-refractivity contribution < 1.29 is 28.7 Å². The van der Waals surface area contributed by atoms with Crippen molar-refractivity contribution in [3.05, 3.63) is 35.4 Å². The Labute approximate surface area is 261 Å². The second-order valence-corrected chi connectivity index (χ2v) is 11.7. The summed E-state index contributed by atoms with van der Waals surface area (Å²) in [7, 11) is 0. The van der Waals surface area contributed by atoms with E-state index in [0.29, 0.717) is 31.3 Å². The van der Waals surface area contributed by atoms with Crippen molar-refractivity contribution in [1.29, 1.82) is 0 Å². The standard InChI is InChI=1S/C30H41N7O6S/c1-2-3-14-42-29-33-27(34-30(41)43-15-16-44-21-25(40)31-10-7-13-38)26-28(35-29)37(20-24(39)32-26)19-23-9-6-8-22(17-23)18-36-11-4-5-12-36/h6,8-9,13,17H,2-5,7,10-12,14-16,18-21H2,1H3,(H,31,40)(H,32,39)(H,33,34,35,41). The highest BCUT2D eigenvalue weighted by molar-refractivity contribution is 7.99. The number of likely N-dealkylation sites (tertiary alicyclic amines) is 1. The maximum absolute atomic E-state index is 12.8. The minimum Gasteiger partial charge on any atom is -0.463 e. The number of anilines is 3. The molecule has 2 aliphatic heterocycles. The first-order valence-electron chi connectivity index (χ1n) is 15.1. The molecular formula is C30H41N7O6S. The first-order chi connectivity index (χ1) is 21.4. The second kappa shape index (κ2) is 17.4. The number of nitrogens with one attached hydrogen (secondary N) is 3. The number of benzene rings is 1. The van der Waals surface area contributed by atoms with Crippen LogP contribution in [-0.4, -0.2) is 90.0 Å². The Morgan fingerprint density at radius 2 is 1.93 bits per heavy atom. The third-order valence-corrected chi connectivity index (χ3v) is 7.89. The van der Waals surface area contributed by atoms with Gasteiger partial charge in [0, 0.05) is 31.8 Å². The molecule has 1 saturated heterocycles. The van der Waals surface area contributed by atoms with Gasteiger partial charge in [-0.05, 0) is 43.5 Å². The molecule has 13 nitrogen and oxygen atoms in total. The van der Waals surface area contributed by atoms with Gasteiger partial charge in [0.25, 0.3) is 0 Å². The third kappa shape index (κ3) is 10.4. The summed E-state index contributed by atoms with van der Waals surface area (Å²) >= 11 is 1.30. The van der Waals surface area contributed by atoms with Crippen LogP contribution < -0.4 is 25.6 Å². The number of aromatic nitrogens is 2. The summed E-state index contributed by atoms with van der Waals surface area (Å²) < 4.78 is 11.1. The topological polar surface area (TPSA) is 155 Å². The summed E-state index contributed by atoms with van der Waals surface area (Å²) in [5.41, 5.74) is 2.54. The fourth-order valence-electron chi connectivity index (χ4n) is 4.85. The van der Waals surface area contributed by atoms with Crippen LogP contribution in [-0.2, 0) is 32.2 Å². The summed E-state index contributed by atoms with van der Waals surface area (Å²) in [6.07, 6.45) is 4.44. The number of hydrogen-bond donors (Lipinski definition) is 3. The number of amides is 3. The molecule has 4 rings (SSSR count). The van der Waals surface area contributed by atoms with E-state index in [1.54, 1.807) is 0 Å². The first-order valence-corrected chi connectivity index (χ1v) is 16.2. The predicted molar refractivity (Wildman–Crippen MR) is 169 cm³/mol. The Morgan fingerprint density at radius 3 is 2.70 bits per heavy atom. The van der Waals surface area contributed by atoms with E-state index in [1.165, 1.54) is 30.2 Å². The van der Waals surface area contributed by atoms with Crippen molar-refractivity contribution in [3.63, 3.8) is 0 Å². The molecule has 0 saturated carbocycles. The number of ether oxygens (including phenoxy) is 2. The van der Waals surface area contributed by atoms with Gasteiger partial charge in [0.05, 0.1) is 18.9 Å². The van der Waals surface area contributed by atoms with Crippen LogP contribution in [0.5, 0.6) is 6.01 Å². The van der Waals surface area contributed by atoms with Crippen molar-refractivity contribution in [3.8, 4) is 6.01 Å². The summed E-state index contributed by atoms with van der Waals surface area (Å²) in [5.74, 6) is 0.654. The normalized spacial score (nSPS) is 14.5. The predicted octanol–water partition coefficient (Wildman–Crippen LogP) is 3.20. The highest BCUT2D eigenvalue weighted by Gasteiger charge is 2.29. The van der Waals surface area contributed by atoms with Gasteiger partial charge < -0.3 is 29.8 Å². The van der Waals surface area contributed by atoms with E-state index in [0.717, 1.165) is 44.3 Å². The Kier molecular flexibility index (Phi) is 13.0. The molecule has 14 heteroatoms. The average Bonchev–Trinajstić information content (AvgIpc) is 3.51. The van der Waals surface area contributed by atoms with E-state index < -0.39 is 6.09 Å². The monoisotopic (exact) mass is 627 g/mol. The highest BCUT2D eigenvalue weighted by atomic mass is 32.2. The van der Waals surface area contributed by atoms with Gasteiger partial charge in [-0.1, -0.05) is 37.6 Å². The molecule has 44 heavy (non-hydrogen) atoms. The smallest absolute Gasteiger partial charge is 0.412 e. The van der Waals surface area contributed by atoms with Gasteiger partial charge in [0.1, 0.15) is 18.6 Å². The van der Waals surface area contributed by atoms with E-state index in [1.807, 2.05) is 24.0 Å². The van der Waals surface area contributed by atoms with Gasteiger partial charge in [0.15, 0.2) is 11.6 Å². The van der Waals surface area contributed by atoms with Gasteiger partial charge in [-0.2, -0.15) is 9.97 Å². The largest absolute Gasteiger partial charge is 0.463 e. The van der Waals surface area contributed by atoms with Gasteiger partial charge in [0.2, 0.25) is 11.8 Å². The molecule has 0 atom stereocenters. The molecule has 3 N–H and O–H groups in total. The van der Waals surface area contributed by atoms with Crippen LogP contribution in [0.1, 0.15) is 50.2 Å². The maximum Gasteiger partial charge on any atom is 0.412 e. The fraction of sp³-hybridized carbons (Fsp3) is 0.533. The van der Waals surface area contributed by atoms with E-state index in [9.17, 15) is 19.2 Å². The minimum absolute atomic E-state index is 0.0531. The zero-order chi connectivity index (χ0) is 31.1. The Morgan fingerprint density at radius 1 is 1.14 bits per heavy atom. The van der Waals surface area contributed by atoms with Crippen LogP contribution >= 0.6 is 11.8 Å². The lowest BCUT2D eigenvalue weighted by atomic mass is 10.1. The Bertz CT molecular complexity index is 1290. The van der Waals surface area contributed by atoms with E-state index in [-0.39, 0.29) is 54.7 Å². The zero-order valence-electron chi connectivity index (χ0n) is 25.1. The van der Waals surface area contributed by atoms with Gasteiger partial charge in [-0.25, -0.2) is 4.79 Å². The van der Waals surface area contributed by atoms with Crippen LogP contribution in [0.4, 0.5) is 22.1 Å².